The van der Waals surface area contributed by atoms with Crippen LogP contribution in [0, 0.1) is 11.3 Å². The zero-order valence-corrected chi connectivity index (χ0v) is 28.8. The van der Waals surface area contributed by atoms with Crippen molar-refractivity contribution in [1.29, 1.82) is 5.26 Å². The van der Waals surface area contributed by atoms with Gasteiger partial charge in [0.05, 0.1) is 24.3 Å². The Morgan fingerprint density at radius 3 is 2.43 bits per heavy atom. The van der Waals surface area contributed by atoms with Gasteiger partial charge < -0.3 is 4.74 Å². The fourth-order valence-corrected chi connectivity index (χ4v) is 8.19. The minimum absolute atomic E-state index is 0.000106. The van der Waals surface area contributed by atoms with Gasteiger partial charge in [-0.1, -0.05) is 18.2 Å². The molecule has 2 aromatic carbocycles. The number of likely N-dealkylation sites (N-methyl/N-ethyl adjacent to an activating group) is 1. The van der Waals surface area contributed by atoms with E-state index in [1.54, 1.807) is 31.0 Å². The van der Waals surface area contributed by atoms with Crippen molar-refractivity contribution in [2.45, 2.75) is 44.8 Å². The molecule has 2 unspecified atom stereocenters. The van der Waals surface area contributed by atoms with Crippen LogP contribution in [-0.2, 0) is 22.3 Å². The fourth-order valence-electron chi connectivity index (χ4n) is 5.36. The number of nitriles is 1. The summed E-state index contributed by atoms with van der Waals surface area (Å²) in [5.74, 6) is -0.844. The van der Waals surface area contributed by atoms with Crippen LogP contribution in [0.3, 0.4) is 0 Å². The summed E-state index contributed by atoms with van der Waals surface area (Å²) in [7, 11) is 2.92. The van der Waals surface area contributed by atoms with E-state index in [0.29, 0.717) is 17.7 Å². The first kappa shape index (κ1) is 35.2. The van der Waals surface area contributed by atoms with E-state index in [9.17, 15) is 33.1 Å². The third-order valence-corrected chi connectivity index (χ3v) is 11.8. The third kappa shape index (κ3) is 7.64. The summed E-state index contributed by atoms with van der Waals surface area (Å²) in [6.45, 7) is 1.91. The van der Waals surface area contributed by atoms with Crippen molar-refractivity contribution in [2.24, 2.45) is 0 Å². The molecule has 4 rings (SSSR count). The molecule has 0 amide bonds. The number of unbranched alkanes of at least 4 members (excludes halogenated alkanes) is 1. The number of allylic oxidation sites excluding steroid dienone is 1. The number of carbonyl (C=O) groups is 1. The molecule has 1 aliphatic rings. The van der Waals surface area contributed by atoms with Gasteiger partial charge in [-0.25, -0.2) is 4.79 Å². The van der Waals surface area contributed by atoms with Crippen molar-refractivity contribution in [3.63, 3.8) is 0 Å². The number of methoxy groups -OCH3 is 1. The van der Waals surface area contributed by atoms with E-state index in [1.807, 2.05) is 6.07 Å². The topological polar surface area (TPSA) is 117 Å². The van der Waals surface area contributed by atoms with Gasteiger partial charge in [-0.15, -0.1) is 0 Å². The van der Waals surface area contributed by atoms with Crippen LogP contribution < -0.4 is 29.0 Å². The number of esters is 1. The summed E-state index contributed by atoms with van der Waals surface area (Å²) < 4.78 is 49.8. The van der Waals surface area contributed by atoms with Crippen LogP contribution in [-0.4, -0.2) is 76.5 Å². The average molecular weight is 756 g/mol. The molecule has 2 heterocycles. The molecule has 250 valence electrons. The van der Waals surface area contributed by atoms with Crippen LogP contribution in [0.2, 0.25) is 0 Å². The van der Waals surface area contributed by atoms with E-state index in [4.69, 9.17) is 4.74 Å². The van der Waals surface area contributed by atoms with E-state index >= 15 is 0 Å². The van der Waals surface area contributed by atoms with Gasteiger partial charge >= 0.3 is 163 Å². The van der Waals surface area contributed by atoms with Gasteiger partial charge in [0.1, 0.15) is 0 Å². The predicted molar refractivity (Wildman–Crippen MR) is 165 cm³/mol. The molecule has 46 heavy (non-hydrogen) atoms. The van der Waals surface area contributed by atoms with Gasteiger partial charge in [0.15, 0.2) is 0 Å². The van der Waals surface area contributed by atoms with Gasteiger partial charge in [-0.2, -0.15) is 18.4 Å². The summed E-state index contributed by atoms with van der Waals surface area (Å²) in [6, 6.07) is 11.7. The maximum atomic E-state index is 14.1. The van der Waals surface area contributed by atoms with Gasteiger partial charge in [0.2, 0.25) is 0 Å². The number of halogens is 4. The second-order valence-electron chi connectivity index (χ2n) is 11.9. The van der Waals surface area contributed by atoms with Crippen molar-refractivity contribution >= 4 is 17.6 Å². The molecule has 1 aliphatic heterocycles. The first-order valence-electron chi connectivity index (χ1n) is 14.5. The smallest absolute Gasteiger partial charge is 0.192 e. The molecule has 1 aromatic heterocycles. The number of anilines is 2. The number of benzene rings is 2. The zero-order valence-electron chi connectivity index (χ0n) is 26.7. The van der Waals surface area contributed by atoms with Crippen molar-refractivity contribution in [1.82, 2.24) is 19.2 Å². The van der Waals surface area contributed by atoms with E-state index in [1.165, 1.54) is 45.3 Å². The quantitative estimate of drug-likeness (QED) is 0.102. The molecule has 0 radical (unpaired) electrons. The molecule has 0 saturated carbocycles. The Morgan fingerprint density at radius 1 is 1.17 bits per heavy atom. The van der Waals surface area contributed by atoms with Gasteiger partial charge in [-0.3, -0.25) is 0 Å². The van der Waals surface area contributed by atoms with Crippen LogP contribution in [0.5, 0.6) is 0 Å². The summed E-state index contributed by atoms with van der Waals surface area (Å²) in [6.07, 6.45) is -3.83. The second kappa shape index (κ2) is 14.0. The Kier molecular flexibility index (Phi) is 10.7. The number of aromatic nitrogens is 3. The molecule has 14 heteroatoms. The number of hydrogen-bond donors (Lipinski definition) is 1. The van der Waals surface area contributed by atoms with Crippen LogP contribution in [0.25, 0.3) is 0 Å². The van der Waals surface area contributed by atoms with Gasteiger partial charge in [0, 0.05) is 0 Å². The molecule has 2 atom stereocenters. The molecule has 0 saturated heterocycles. The Bertz CT molecular complexity index is 1700. The molecule has 0 aliphatic carbocycles. The Labute approximate surface area is 270 Å². The molecule has 0 spiro atoms. The molecule has 0 bridgehead atoms. The number of fused-ring (bicyclic) bond motifs is 1. The number of aliphatic hydroxyl groups excluding tert-OH is 1. The van der Waals surface area contributed by atoms with Crippen LogP contribution in [0.4, 0.5) is 24.8 Å². The first-order valence-corrected chi connectivity index (χ1v) is 22.5. The maximum absolute atomic E-state index is 14.1. The minimum Gasteiger partial charge on any atom is -0.192 e. The summed E-state index contributed by atoms with van der Waals surface area (Å²) >= 11 is -1.61. The van der Waals surface area contributed by atoms with Crippen molar-refractivity contribution in [3.8, 4) is 6.07 Å². The Hall–Kier alpha value is -3.68. The number of alkyl halides is 7. The second-order valence-corrected chi connectivity index (χ2v) is 24.1. The average Bonchev–Trinajstić information content (AvgIpc) is 3.31. The van der Waals surface area contributed by atoms with Gasteiger partial charge in [-0.05, 0) is 37.3 Å². The summed E-state index contributed by atoms with van der Waals surface area (Å²) in [5, 5.41) is 24.9. The molecule has 0 fully saturated rings. The van der Waals surface area contributed by atoms with E-state index in [2.05, 4.69) is 19.9 Å². The van der Waals surface area contributed by atoms with E-state index in [0.717, 1.165) is 29.7 Å². The standard InChI is InChI=1S/C32H39F3IN6O4/c1-21-27(29(44)46-6)28(23-14-12-22(19-37)13-15-23)42-30(41(21)25-11-9-10-24(18-25)32(33,34)35)38-40(31(42)45)20-26(43)39(5)17-8-7-16-36(2,3)4/h9-15,18,26,28,43H,7-8,16-17,20H2,1-6H3/q-1. The predicted octanol–water partition coefficient (Wildman–Crippen LogP) is 1.20. The number of ether oxygens (including phenoxy) is 1. The number of aliphatic hydroxyl groups is 1. The monoisotopic (exact) mass is 755 g/mol. The number of nitrogens with zero attached hydrogens (tertiary/aromatic N) is 6. The van der Waals surface area contributed by atoms with Gasteiger partial charge in [0.25, 0.3) is 0 Å². The van der Waals surface area contributed by atoms with Crippen LogP contribution in [0.1, 0.15) is 42.5 Å². The minimum atomic E-state index is -4.65. The van der Waals surface area contributed by atoms with Crippen molar-refractivity contribution in [2.75, 3.05) is 44.8 Å². The third-order valence-electron chi connectivity index (χ3n) is 7.81. The van der Waals surface area contributed by atoms with Crippen molar-refractivity contribution in [3.05, 3.63) is 87.0 Å². The Balaban J connectivity index is 1.84. The van der Waals surface area contributed by atoms with Crippen LogP contribution >= 0.6 is 0 Å². The number of hydrogen-bond acceptors (Lipinski definition) is 8. The zero-order chi connectivity index (χ0) is 34.0. The first-order chi connectivity index (χ1) is 21.6. The van der Waals surface area contributed by atoms with E-state index in [-0.39, 0.29) is 29.5 Å². The molecule has 10 nitrogen and oxygen atoms in total. The summed E-state index contributed by atoms with van der Waals surface area (Å²) in [4.78, 5) is 37.5. The molecular formula is C32H39F3IN6O4-. The number of carbonyl (C=O) groups excluding carboxylic acids is 1. The summed E-state index contributed by atoms with van der Waals surface area (Å²) in [5.41, 5.74) is -0.593. The van der Waals surface area contributed by atoms with E-state index < -0.39 is 54.1 Å². The van der Waals surface area contributed by atoms with Crippen molar-refractivity contribution < 1.29 is 46.2 Å². The molecule has 3 aromatic rings. The molecule has 1 N–H and O–H groups in total. The fraction of sp³-hybridized carbons (Fsp3) is 0.438. The normalized spacial score (nSPS) is 16.3. The Morgan fingerprint density at radius 2 is 1.85 bits per heavy atom. The SMILES string of the molecule is COC(=O)C1=C(C)N(c2cccc(C(F)(F)F)c2)c2nn(CC(O)N(C)CCCC[I-](C)(C)C)c(=O)n2C1c1ccc(C#N)cc1. The number of rotatable bonds is 11. The molecular weight excluding hydrogens is 716 g/mol. The van der Waals surface area contributed by atoms with Crippen LogP contribution in [0.15, 0.2) is 64.6 Å².